The number of aryl methyl sites for hydroxylation is 2. The van der Waals surface area contributed by atoms with E-state index in [0.717, 1.165) is 19.6 Å². The van der Waals surface area contributed by atoms with Crippen LogP contribution in [0.4, 0.5) is 0 Å². The van der Waals surface area contributed by atoms with Crippen LogP contribution in [0.1, 0.15) is 36.6 Å². The monoisotopic (exact) mass is 291 g/mol. The van der Waals surface area contributed by atoms with Gasteiger partial charge in [0.15, 0.2) is 0 Å². The molecule has 1 aromatic rings. The molecule has 0 aliphatic carbocycles. The van der Waals surface area contributed by atoms with Crippen molar-refractivity contribution in [3.05, 3.63) is 34.9 Å². The van der Waals surface area contributed by atoms with Crippen LogP contribution >= 0.6 is 0 Å². The van der Waals surface area contributed by atoms with E-state index in [1.165, 1.54) is 16.7 Å². The molecule has 0 heterocycles. The first kappa shape index (κ1) is 18.1. The van der Waals surface area contributed by atoms with Gasteiger partial charge in [-0.25, -0.2) is 0 Å². The fourth-order valence-corrected chi connectivity index (χ4v) is 2.87. The van der Waals surface area contributed by atoms with Crippen molar-refractivity contribution in [1.29, 1.82) is 0 Å². The van der Waals surface area contributed by atoms with E-state index in [1.54, 1.807) is 0 Å². The third-order valence-corrected chi connectivity index (χ3v) is 3.73. The smallest absolute Gasteiger partial charge is 0.0471 e. The summed E-state index contributed by atoms with van der Waals surface area (Å²) in [6, 6.07) is 7.11. The van der Waals surface area contributed by atoms with Crippen molar-refractivity contribution in [3.63, 3.8) is 0 Å². The molecule has 120 valence electrons. The van der Waals surface area contributed by atoms with Crippen molar-refractivity contribution < 1.29 is 0 Å². The number of nitrogens with zero attached hydrogens (tertiary/aromatic N) is 2. The Morgan fingerprint density at radius 2 is 1.57 bits per heavy atom. The summed E-state index contributed by atoms with van der Waals surface area (Å²) in [5.41, 5.74) is 10.1. The molecule has 0 saturated heterocycles. The van der Waals surface area contributed by atoms with E-state index < -0.39 is 0 Å². The molecule has 3 nitrogen and oxygen atoms in total. The molecule has 0 aliphatic rings. The Bertz CT molecular complexity index is 406. The molecule has 21 heavy (non-hydrogen) atoms. The minimum atomic E-state index is 0.311. The highest BCUT2D eigenvalue weighted by molar-refractivity contribution is 5.31. The molecule has 1 rings (SSSR count). The predicted octanol–water partition coefficient (Wildman–Crippen LogP) is 2.82. The van der Waals surface area contributed by atoms with E-state index >= 15 is 0 Å². The fraction of sp³-hybridized carbons (Fsp3) is 0.667. The second kappa shape index (κ2) is 8.52. The number of hydrogen-bond acceptors (Lipinski definition) is 3. The van der Waals surface area contributed by atoms with Gasteiger partial charge in [0.1, 0.15) is 0 Å². The average Bonchev–Trinajstić information content (AvgIpc) is 2.34. The summed E-state index contributed by atoms with van der Waals surface area (Å²) in [7, 11) is 4.25. The second-order valence-electron chi connectivity index (χ2n) is 6.86. The zero-order valence-electron chi connectivity index (χ0n) is 14.7. The van der Waals surface area contributed by atoms with Gasteiger partial charge in [-0.15, -0.1) is 0 Å². The normalized spacial score (nSPS) is 13.4. The highest BCUT2D eigenvalue weighted by Gasteiger charge is 2.20. The molecule has 0 bridgehead atoms. The summed E-state index contributed by atoms with van der Waals surface area (Å²) < 4.78 is 0. The molecule has 1 atom stereocenters. The Kier molecular flexibility index (Phi) is 7.36. The van der Waals surface area contributed by atoms with Crippen LogP contribution in [-0.4, -0.2) is 50.1 Å². The van der Waals surface area contributed by atoms with Gasteiger partial charge in [0.05, 0.1) is 0 Å². The van der Waals surface area contributed by atoms with Crippen LogP contribution in [0, 0.1) is 19.8 Å². The van der Waals surface area contributed by atoms with Gasteiger partial charge in [-0.2, -0.15) is 0 Å². The number of nitrogens with two attached hydrogens (primary N) is 1. The van der Waals surface area contributed by atoms with Crippen LogP contribution in [0.3, 0.4) is 0 Å². The predicted molar refractivity (Wildman–Crippen MR) is 92.7 cm³/mol. The molecule has 2 N–H and O–H groups in total. The SMILES string of the molecule is Cc1cc(C)cc(C(CN)N(CCN(C)C)CC(C)C)c1. The standard InChI is InChI=1S/C18H33N3/c1-14(2)13-21(8-7-20(5)6)18(12-19)17-10-15(3)9-16(4)11-17/h9-11,14,18H,7-8,12-13,19H2,1-6H3. The molecular weight excluding hydrogens is 258 g/mol. The molecule has 1 aromatic carbocycles. The van der Waals surface area contributed by atoms with Crippen LogP contribution in [-0.2, 0) is 0 Å². The highest BCUT2D eigenvalue weighted by Crippen LogP contribution is 2.23. The number of likely N-dealkylation sites (N-methyl/N-ethyl adjacent to an activating group) is 1. The lowest BCUT2D eigenvalue weighted by Crippen LogP contribution is -2.40. The quantitative estimate of drug-likeness (QED) is 0.799. The van der Waals surface area contributed by atoms with Crippen molar-refractivity contribution >= 4 is 0 Å². The largest absolute Gasteiger partial charge is 0.329 e. The molecule has 0 aliphatic heterocycles. The molecule has 0 aromatic heterocycles. The van der Waals surface area contributed by atoms with Crippen LogP contribution in [0.2, 0.25) is 0 Å². The zero-order valence-corrected chi connectivity index (χ0v) is 14.7. The Morgan fingerprint density at radius 1 is 1.00 bits per heavy atom. The van der Waals surface area contributed by atoms with Crippen LogP contribution in [0.15, 0.2) is 18.2 Å². The van der Waals surface area contributed by atoms with Crippen molar-refractivity contribution in [3.8, 4) is 0 Å². The summed E-state index contributed by atoms with van der Waals surface area (Å²) >= 11 is 0. The van der Waals surface area contributed by atoms with E-state index in [2.05, 4.69) is 69.8 Å². The van der Waals surface area contributed by atoms with Gasteiger partial charge in [0.25, 0.3) is 0 Å². The Hall–Kier alpha value is -0.900. The molecule has 0 fully saturated rings. The first-order valence-corrected chi connectivity index (χ1v) is 8.00. The maximum absolute atomic E-state index is 6.13. The molecular formula is C18H33N3. The molecule has 0 radical (unpaired) electrons. The van der Waals surface area contributed by atoms with Crippen LogP contribution in [0.5, 0.6) is 0 Å². The lowest BCUT2D eigenvalue weighted by molar-refractivity contribution is 0.163. The molecule has 3 heteroatoms. The summed E-state index contributed by atoms with van der Waals surface area (Å²) in [5.74, 6) is 0.645. The van der Waals surface area contributed by atoms with Gasteiger partial charge < -0.3 is 10.6 Å². The minimum Gasteiger partial charge on any atom is -0.329 e. The number of benzene rings is 1. The lowest BCUT2D eigenvalue weighted by atomic mass is 9.99. The average molecular weight is 291 g/mol. The molecule has 1 unspecified atom stereocenters. The van der Waals surface area contributed by atoms with Crippen molar-refractivity contribution in [1.82, 2.24) is 9.80 Å². The van der Waals surface area contributed by atoms with Gasteiger partial charge in [0, 0.05) is 32.2 Å². The highest BCUT2D eigenvalue weighted by atomic mass is 15.2. The Labute approximate surface area is 131 Å². The molecule has 0 amide bonds. The summed E-state index contributed by atoms with van der Waals surface area (Å²) in [5, 5.41) is 0. The molecule has 0 spiro atoms. The minimum absolute atomic E-state index is 0.311. The summed E-state index contributed by atoms with van der Waals surface area (Å²) in [6.45, 7) is 12.8. The van der Waals surface area contributed by atoms with Gasteiger partial charge >= 0.3 is 0 Å². The third-order valence-electron chi connectivity index (χ3n) is 3.73. The summed E-state index contributed by atoms with van der Waals surface area (Å²) in [6.07, 6.45) is 0. The van der Waals surface area contributed by atoms with Crippen molar-refractivity contribution in [2.24, 2.45) is 11.7 Å². The van der Waals surface area contributed by atoms with E-state index in [9.17, 15) is 0 Å². The van der Waals surface area contributed by atoms with Gasteiger partial charge in [0.2, 0.25) is 0 Å². The van der Waals surface area contributed by atoms with Gasteiger partial charge in [-0.3, -0.25) is 4.90 Å². The lowest BCUT2D eigenvalue weighted by Gasteiger charge is -2.34. The maximum atomic E-state index is 6.13. The molecule has 0 saturated carbocycles. The first-order chi connectivity index (χ1) is 9.83. The second-order valence-corrected chi connectivity index (χ2v) is 6.86. The fourth-order valence-electron chi connectivity index (χ4n) is 2.87. The van der Waals surface area contributed by atoms with Gasteiger partial charge in [-0.05, 0) is 39.4 Å². The van der Waals surface area contributed by atoms with Crippen LogP contribution < -0.4 is 5.73 Å². The van der Waals surface area contributed by atoms with E-state index in [0.29, 0.717) is 18.5 Å². The van der Waals surface area contributed by atoms with E-state index in [-0.39, 0.29) is 0 Å². The zero-order chi connectivity index (χ0) is 16.0. The number of hydrogen-bond donors (Lipinski definition) is 1. The Balaban J connectivity index is 2.98. The van der Waals surface area contributed by atoms with Crippen molar-refractivity contribution in [2.45, 2.75) is 33.7 Å². The summed E-state index contributed by atoms with van der Waals surface area (Å²) in [4.78, 5) is 4.78. The number of rotatable bonds is 8. The van der Waals surface area contributed by atoms with E-state index in [4.69, 9.17) is 5.73 Å². The Morgan fingerprint density at radius 3 is 2.00 bits per heavy atom. The van der Waals surface area contributed by atoms with E-state index in [1.807, 2.05) is 0 Å². The van der Waals surface area contributed by atoms with Gasteiger partial charge in [-0.1, -0.05) is 43.2 Å². The maximum Gasteiger partial charge on any atom is 0.0471 e. The third kappa shape index (κ3) is 6.16. The first-order valence-electron chi connectivity index (χ1n) is 8.00. The van der Waals surface area contributed by atoms with Crippen LogP contribution in [0.25, 0.3) is 0 Å². The topological polar surface area (TPSA) is 32.5 Å². The van der Waals surface area contributed by atoms with Crippen molar-refractivity contribution in [2.75, 3.05) is 40.3 Å².